The highest BCUT2D eigenvalue weighted by atomic mass is 16.6. The maximum absolute atomic E-state index is 10.5. The first-order valence-corrected chi connectivity index (χ1v) is 4.50. The predicted molar refractivity (Wildman–Crippen MR) is 50.4 cm³/mol. The Kier molecular flexibility index (Phi) is 2.37. The molecular formula is C10H10O5. The van der Waals surface area contributed by atoms with E-state index < -0.39 is 5.97 Å². The van der Waals surface area contributed by atoms with E-state index in [1.165, 1.54) is 12.1 Å². The molecule has 0 spiro atoms. The fraction of sp³-hybridized carbons (Fsp3) is 0.300. The monoisotopic (exact) mass is 210 g/mol. The molecule has 0 saturated heterocycles. The second-order valence-electron chi connectivity index (χ2n) is 3.20. The number of aliphatic carboxylic acids is 1. The number of carboxylic acid groups (broad SMARTS) is 1. The summed E-state index contributed by atoms with van der Waals surface area (Å²) in [5.41, 5.74) is 0.326. The molecule has 15 heavy (non-hydrogen) atoms. The summed E-state index contributed by atoms with van der Waals surface area (Å²) < 4.78 is 10.5. The van der Waals surface area contributed by atoms with E-state index in [2.05, 4.69) is 0 Å². The average molecular weight is 210 g/mol. The number of carboxylic acids is 1. The summed E-state index contributed by atoms with van der Waals surface area (Å²) in [4.78, 5) is 10.5. The molecule has 0 unspecified atom stereocenters. The summed E-state index contributed by atoms with van der Waals surface area (Å²) in [6.45, 7) is 0.870. The fourth-order valence-electron chi connectivity index (χ4n) is 1.42. The Hall–Kier alpha value is -1.91. The molecule has 0 radical (unpaired) electrons. The van der Waals surface area contributed by atoms with Gasteiger partial charge < -0.3 is 19.7 Å². The molecule has 0 atom stereocenters. The van der Waals surface area contributed by atoms with Gasteiger partial charge in [-0.1, -0.05) is 0 Å². The van der Waals surface area contributed by atoms with Crippen molar-refractivity contribution in [1.82, 2.24) is 0 Å². The first-order valence-electron chi connectivity index (χ1n) is 4.50. The van der Waals surface area contributed by atoms with Crippen molar-refractivity contribution in [2.75, 3.05) is 13.2 Å². The number of phenolic OH excluding ortho intramolecular Hbond substituents is 1. The largest absolute Gasteiger partial charge is 0.508 e. The van der Waals surface area contributed by atoms with E-state index in [1.807, 2.05) is 0 Å². The second kappa shape index (κ2) is 3.68. The van der Waals surface area contributed by atoms with Crippen LogP contribution in [-0.4, -0.2) is 29.4 Å². The van der Waals surface area contributed by atoms with Gasteiger partial charge in [-0.3, -0.25) is 4.79 Å². The summed E-state index contributed by atoms with van der Waals surface area (Å²) in [6, 6.07) is 2.88. The van der Waals surface area contributed by atoms with Crippen LogP contribution in [0.2, 0.25) is 0 Å². The van der Waals surface area contributed by atoms with Crippen molar-refractivity contribution in [3.05, 3.63) is 17.7 Å². The first-order chi connectivity index (χ1) is 7.16. The lowest BCUT2D eigenvalue weighted by Gasteiger charge is -2.19. The number of hydrogen-bond donors (Lipinski definition) is 2. The van der Waals surface area contributed by atoms with Crippen molar-refractivity contribution in [2.45, 2.75) is 6.42 Å². The van der Waals surface area contributed by atoms with Crippen molar-refractivity contribution in [1.29, 1.82) is 0 Å². The number of ether oxygens (including phenoxy) is 2. The van der Waals surface area contributed by atoms with Gasteiger partial charge in [-0.2, -0.15) is 0 Å². The Morgan fingerprint density at radius 2 is 1.87 bits per heavy atom. The van der Waals surface area contributed by atoms with Crippen LogP contribution in [0.4, 0.5) is 0 Å². The van der Waals surface area contributed by atoms with Crippen molar-refractivity contribution in [3.63, 3.8) is 0 Å². The Bertz CT molecular complexity index is 399. The lowest BCUT2D eigenvalue weighted by molar-refractivity contribution is -0.136. The van der Waals surface area contributed by atoms with Gasteiger partial charge in [-0.25, -0.2) is 0 Å². The highest BCUT2D eigenvalue weighted by Crippen LogP contribution is 2.36. The van der Waals surface area contributed by atoms with Crippen molar-refractivity contribution in [3.8, 4) is 17.2 Å². The van der Waals surface area contributed by atoms with Gasteiger partial charge in [0.25, 0.3) is 0 Å². The van der Waals surface area contributed by atoms with Crippen LogP contribution in [0.15, 0.2) is 12.1 Å². The zero-order chi connectivity index (χ0) is 10.8. The quantitative estimate of drug-likeness (QED) is 0.754. The zero-order valence-electron chi connectivity index (χ0n) is 7.90. The van der Waals surface area contributed by atoms with Crippen LogP contribution in [-0.2, 0) is 11.2 Å². The summed E-state index contributed by atoms with van der Waals surface area (Å²) >= 11 is 0. The van der Waals surface area contributed by atoms with Crippen molar-refractivity contribution in [2.24, 2.45) is 0 Å². The van der Waals surface area contributed by atoms with Gasteiger partial charge in [0.1, 0.15) is 19.0 Å². The number of hydrogen-bond acceptors (Lipinski definition) is 4. The van der Waals surface area contributed by atoms with Gasteiger partial charge in [0.05, 0.1) is 6.42 Å². The second-order valence-corrected chi connectivity index (χ2v) is 3.20. The predicted octanol–water partition coefficient (Wildman–Crippen LogP) is 0.791. The fourth-order valence-corrected chi connectivity index (χ4v) is 1.42. The molecule has 1 heterocycles. The lowest BCUT2D eigenvalue weighted by Crippen LogP contribution is -2.15. The van der Waals surface area contributed by atoms with E-state index in [0.29, 0.717) is 30.3 Å². The van der Waals surface area contributed by atoms with Crippen LogP contribution < -0.4 is 9.47 Å². The number of rotatable bonds is 2. The minimum atomic E-state index is -0.998. The van der Waals surface area contributed by atoms with Crippen LogP contribution in [0.5, 0.6) is 17.2 Å². The smallest absolute Gasteiger partial charge is 0.307 e. The number of phenols is 1. The summed E-state index contributed by atoms with van der Waals surface area (Å²) in [7, 11) is 0. The van der Waals surface area contributed by atoms with E-state index >= 15 is 0 Å². The Morgan fingerprint density at radius 1 is 1.27 bits per heavy atom. The third-order valence-corrected chi connectivity index (χ3v) is 2.09. The molecule has 1 aliphatic heterocycles. The van der Waals surface area contributed by atoms with E-state index in [4.69, 9.17) is 14.6 Å². The Balaban J connectivity index is 2.36. The van der Waals surface area contributed by atoms with Crippen LogP contribution in [0, 0.1) is 0 Å². The molecule has 0 amide bonds. The molecule has 1 aliphatic rings. The van der Waals surface area contributed by atoms with Crippen LogP contribution in [0.25, 0.3) is 0 Å². The molecule has 0 saturated carbocycles. The SMILES string of the molecule is O=C(O)Cc1cc2c(cc1O)OCCO2. The maximum atomic E-state index is 10.5. The van der Waals surface area contributed by atoms with E-state index in [-0.39, 0.29) is 12.2 Å². The lowest BCUT2D eigenvalue weighted by atomic mass is 10.1. The highest BCUT2D eigenvalue weighted by molar-refractivity contribution is 5.72. The molecule has 0 bridgehead atoms. The molecule has 80 valence electrons. The number of benzene rings is 1. The standard InChI is InChI=1S/C10H10O5/c11-7-5-9-8(14-1-2-15-9)3-6(7)4-10(12)13/h3,5,11H,1-2,4H2,(H,12,13). The average Bonchev–Trinajstić information content (AvgIpc) is 2.18. The van der Waals surface area contributed by atoms with Gasteiger partial charge in [-0.05, 0) is 6.07 Å². The van der Waals surface area contributed by atoms with Gasteiger partial charge in [0, 0.05) is 11.6 Å². The molecule has 1 aromatic rings. The van der Waals surface area contributed by atoms with Gasteiger partial charge >= 0.3 is 5.97 Å². The molecule has 2 rings (SSSR count). The van der Waals surface area contributed by atoms with Crippen LogP contribution in [0.1, 0.15) is 5.56 Å². The van der Waals surface area contributed by atoms with Gasteiger partial charge in [0.15, 0.2) is 11.5 Å². The van der Waals surface area contributed by atoms with Gasteiger partial charge in [0.2, 0.25) is 0 Å². The number of aromatic hydroxyl groups is 1. The molecule has 5 nitrogen and oxygen atoms in total. The van der Waals surface area contributed by atoms with E-state index in [1.54, 1.807) is 0 Å². The summed E-state index contributed by atoms with van der Waals surface area (Å²) in [5, 5.41) is 18.1. The molecule has 0 aromatic heterocycles. The molecule has 0 aliphatic carbocycles. The molecule has 0 fully saturated rings. The van der Waals surface area contributed by atoms with Crippen LogP contribution >= 0.6 is 0 Å². The third kappa shape index (κ3) is 1.96. The summed E-state index contributed by atoms with van der Waals surface area (Å²) in [6.07, 6.45) is -0.234. The van der Waals surface area contributed by atoms with Gasteiger partial charge in [-0.15, -0.1) is 0 Å². The van der Waals surface area contributed by atoms with E-state index in [0.717, 1.165) is 0 Å². The van der Waals surface area contributed by atoms with E-state index in [9.17, 15) is 9.90 Å². The van der Waals surface area contributed by atoms with Crippen molar-refractivity contribution >= 4 is 5.97 Å². The van der Waals surface area contributed by atoms with Crippen LogP contribution in [0.3, 0.4) is 0 Å². The highest BCUT2D eigenvalue weighted by Gasteiger charge is 2.16. The molecule has 5 heteroatoms. The first kappa shape index (κ1) is 9.64. The Labute approximate surface area is 85.9 Å². The summed E-state index contributed by atoms with van der Waals surface area (Å²) in [5.74, 6) is -0.146. The Morgan fingerprint density at radius 3 is 2.47 bits per heavy atom. The number of fused-ring (bicyclic) bond motifs is 1. The van der Waals surface area contributed by atoms with Crippen molar-refractivity contribution < 1.29 is 24.5 Å². The zero-order valence-corrected chi connectivity index (χ0v) is 7.90. The molecule has 2 N–H and O–H groups in total. The minimum absolute atomic E-state index is 0.0818. The molecule has 1 aromatic carbocycles. The normalized spacial score (nSPS) is 13.6. The minimum Gasteiger partial charge on any atom is -0.508 e. The topological polar surface area (TPSA) is 76.0 Å². The molecular weight excluding hydrogens is 200 g/mol. The maximum Gasteiger partial charge on any atom is 0.307 e. The number of carbonyl (C=O) groups is 1. The third-order valence-electron chi connectivity index (χ3n) is 2.09.